The molecule has 0 radical (unpaired) electrons. The molecule has 1 aromatic carbocycles. The van der Waals surface area contributed by atoms with Gasteiger partial charge in [-0.2, -0.15) is 8.42 Å². The van der Waals surface area contributed by atoms with E-state index in [9.17, 15) is 8.42 Å². The van der Waals surface area contributed by atoms with Crippen LogP contribution >= 0.6 is 0 Å². The third-order valence-corrected chi connectivity index (χ3v) is 2.58. The monoisotopic (exact) mass is 270 g/mol. The molecule has 0 bridgehead atoms. The number of fused-ring (bicyclic) bond motifs is 1. The molecule has 2 N–H and O–H groups in total. The van der Waals surface area contributed by atoms with Gasteiger partial charge in [0.2, 0.25) is 0 Å². The van der Waals surface area contributed by atoms with Gasteiger partial charge in [-0.15, -0.1) is 6.42 Å². The lowest BCUT2D eigenvalue weighted by molar-refractivity contribution is 0.490. The van der Waals surface area contributed by atoms with Crippen LogP contribution in [0.5, 0.6) is 0 Å². The Morgan fingerprint density at radius 1 is 1.50 bits per heavy atom. The highest BCUT2D eigenvalue weighted by Gasteiger charge is 2.20. The molecule has 4 nitrogen and oxygen atoms in total. The van der Waals surface area contributed by atoms with Gasteiger partial charge >= 0.3 is 0 Å². The number of hydrogen-bond acceptors (Lipinski definition) is 3. The largest absolute Gasteiger partial charge is 0.299 e. The summed E-state index contributed by atoms with van der Waals surface area (Å²) in [4.78, 5) is 0. The molecule has 1 aliphatic rings. The Bertz CT molecular complexity index is 523. The molecular weight excluding hydrogens is 253 g/mol. The fraction of sp³-hybridized carbons (Fsp3) is 0.385. The fourth-order valence-electron chi connectivity index (χ4n) is 1.95. The molecule has 0 amide bonds. The van der Waals surface area contributed by atoms with Gasteiger partial charge in [0.25, 0.3) is 10.1 Å². The van der Waals surface area contributed by atoms with Gasteiger partial charge in [0.1, 0.15) is 0 Å². The quantitative estimate of drug-likeness (QED) is 0.484. The maximum atomic E-state index is 9.19. The van der Waals surface area contributed by atoms with Crippen LogP contribution < -0.4 is 5.32 Å². The van der Waals surface area contributed by atoms with E-state index in [1.807, 2.05) is 0 Å². The number of rotatable bonds is 2. The van der Waals surface area contributed by atoms with Crippen LogP contribution in [0.1, 0.15) is 23.6 Å². The zero-order valence-electron chi connectivity index (χ0n) is 10.3. The lowest BCUT2D eigenvalue weighted by Gasteiger charge is -2.10. The summed E-state index contributed by atoms with van der Waals surface area (Å²) in [7, 11) is -3.67. The predicted molar refractivity (Wildman–Crippen MR) is 71.8 cm³/mol. The minimum absolute atomic E-state index is 0.479. The lowest BCUT2D eigenvalue weighted by Crippen LogP contribution is -2.19. The molecule has 1 aromatic rings. The summed E-state index contributed by atoms with van der Waals surface area (Å²) >= 11 is 0. The number of benzene rings is 1. The molecule has 0 aromatic heterocycles. The zero-order valence-corrected chi connectivity index (χ0v) is 11.1. The molecule has 98 valence electrons. The molecule has 1 atom stereocenters. The number of terminal acetylenes is 1. The van der Waals surface area contributed by atoms with E-state index in [-0.39, 0.29) is 0 Å². The van der Waals surface area contributed by atoms with E-state index in [0.29, 0.717) is 18.8 Å². The van der Waals surface area contributed by atoms with E-state index < -0.39 is 10.1 Å². The highest BCUT2D eigenvalue weighted by Crippen LogP contribution is 2.30. The molecule has 0 saturated heterocycles. The van der Waals surface area contributed by atoms with Gasteiger partial charge in [0, 0.05) is 6.04 Å². The predicted octanol–water partition coefficient (Wildman–Crippen LogP) is 1.40. The smallest absolute Gasteiger partial charge is 0.261 e. The Morgan fingerprint density at radius 2 is 2.11 bits per heavy atom. The highest BCUT2D eigenvalue weighted by atomic mass is 32.2. The van der Waals surface area contributed by atoms with Crippen molar-refractivity contribution in [2.24, 2.45) is 0 Å². The van der Waals surface area contributed by atoms with Crippen LogP contribution in [0.4, 0.5) is 0 Å². The minimum Gasteiger partial charge on any atom is -0.299 e. The van der Waals surface area contributed by atoms with E-state index in [2.05, 4.69) is 35.5 Å². The van der Waals surface area contributed by atoms with Gasteiger partial charge in [-0.3, -0.25) is 9.87 Å². The summed E-state index contributed by atoms with van der Waals surface area (Å²) in [6, 6.07) is 9.06. The maximum absolute atomic E-state index is 9.19. The van der Waals surface area contributed by atoms with Crippen molar-refractivity contribution in [3.8, 4) is 12.3 Å². The molecule has 1 aliphatic carbocycles. The Hall–Kier alpha value is -1.35. The number of hydrogen-bond donors (Lipinski definition) is 2. The summed E-state index contributed by atoms with van der Waals surface area (Å²) in [5.74, 6) is 2.61. The molecule has 5 heteroatoms. The third-order valence-electron chi connectivity index (χ3n) is 2.58. The van der Waals surface area contributed by atoms with Crippen LogP contribution in [-0.4, -0.2) is 25.8 Å². The van der Waals surface area contributed by atoms with Gasteiger partial charge in [-0.1, -0.05) is 30.2 Å². The summed E-state index contributed by atoms with van der Waals surface area (Å²) in [6.07, 6.45) is 8.29. The molecule has 0 saturated carbocycles. The SMILES string of the molecule is CS(=O)(=O)O.[13CH]#[13C][13CH2]NC1CCc2ccccc21. The second-order valence-electron chi connectivity index (χ2n) is 4.11. The standard InChI is InChI=1S/C12H13N.CH4O3S/c1-2-9-13-12-8-7-10-5-3-4-6-11(10)12;1-5(2,3)4/h1,3-6,12-13H,7-9H2;1H3,(H,2,3,4)/i1+1,2+1,9+1;. The van der Waals surface area contributed by atoms with Crippen LogP contribution in [0.25, 0.3) is 0 Å². The lowest BCUT2D eigenvalue weighted by atomic mass is 10.1. The normalized spacial score (nSPS) is 17.3. The third kappa shape index (κ3) is 5.32. The topological polar surface area (TPSA) is 66.4 Å². The highest BCUT2D eigenvalue weighted by molar-refractivity contribution is 7.85. The van der Waals surface area contributed by atoms with E-state index in [1.54, 1.807) is 0 Å². The first-order valence-corrected chi connectivity index (χ1v) is 7.43. The summed E-state index contributed by atoms with van der Waals surface area (Å²) in [5, 5.41) is 3.35. The van der Waals surface area contributed by atoms with Gasteiger partial charge in [-0.05, 0) is 24.0 Å². The first-order chi connectivity index (χ1) is 8.42. The van der Waals surface area contributed by atoms with Gasteiger partial charge in [0.05, 0.1) is 12.8 Å². The van der Waals surface area contributed by atoms with Crippen molar-refractivity contribution in [2.75, 3.05) is 12.8 Å². The Balaban J connectivity index is 0.000000280. The molecular formula is C13H17NO3S. The van der Waals surface area contributed by atoms with Crippen molar-refractivity contribution in [1.82, 2.24) is 5.32 Å². The minimum atomic E-state index is -3.67. The molecule has 1 unspecified atom stereocenters. The van der Waals surface area contributed by atoms with E-state index in [1.165, 1.54) is 24.0 Å². The van der Waals surface area contributed by atoms with E-state index >= 15 is 0 Å². The second-order valence-corrected chi connectivity index (χ2v) is 5.57. The Kier molecular flexibility index (Phi) is 5.35. The van der Waals surface area contributed by atoms with Crippen LogP contribution in [0.15, 0.2) is 24.3 Å². The summed E-state index contributed by atoms with van der Waals surface area (Å²) < 4.78 is 25.9. The summed E-state index contributed by atoms with van der Waals surface area (Å²) in [5.41, 5.74) is 2.90. The first kappa shape index (κ1) is 14.7. The fourth-order valence-corrected chi connectivity index (χ4v) is 1.95. The van der Waals surface area contributed by atoms with E-state index in [0.717, 1.165) is 0 Å². The van der Waals surface area contributed by atoms with E-state index in [4.69, 9.17) is 11.0 Å². The molecule has 0 fully saturated rings. The average Bonchev–Trinajstić information content (AvgIpc) is 2.67. The first-order valence-electron chi connectivity index (χ1n) is 5.59. The van der Waals surface area contributed by atoms with Crippen LogP contribution in [0, 0.1) is 12.3 Å². The molecule has 0 aliphatic heterocycles. The maximum Gasteiger partial charge on any atom is 0.261 e. The van der Waals surface area contributed by atoms with Crippen molar-refractivity contribution in [3.05, 3.63) is 35.4 Å². The Morgan fingerprint density at radius 3 is 2.72 bits per heavy atom. The summed E-state index contributed by atoms with van der Waals surface area (Å²) in [6.45, 7) is 0.666. The average molecular weight is 270 g/mol. The zero-order chi connectivity index (χ0) is 13.6. The molecule has 2 rings (SSSR count). The van der Waals surface area contributed by atoms with Crippen LogP contribution in [0.2, 0.25) is 0 Å². The van der Waals surface area contributed by atoms with Gasteiger partial charge < -0.3 is 0 Å². The Labute approximate surface area is 108 Å². The van der Waals surface area contributed by atoms with Crippen molar-refractivity contribution >= 4 is 10.1 Å². The van der Waals surface area contributed by atoms with Gasteiger partial charge in [0.15, 0.2) is 0 Å². The molecule has 0 spiro atoms. The van der Waals surface area contributed by atoms with Crippen molar-refractivity contribution in [1.29, 1.82) is 0 Å². The number of nitrogens with one attached hydrogen (secondary N) is 1. The van der Waals surface area contributed by atoms with Gasteiger partial charge in [-0.25, -0.2) is 0 Å². The van der Waals surface area contributed by atoms with Crippen molar-refractivity contribution in [3.63, 3.8) is 0 Å². The molecule has 0 heterocycles. The second kappa shape index (κ2) is 6.55. The number of aryl methyl sites for hydroxylation is 1. The van der Waals surface area contributed by atoms with Crippen LogP contribution in [0.3, 0.4) is 0 Å². The van der Waals surface area contributed by atoms with Crippen molar-refractivity contribution < 1.29 is 13.0 Å². The van der Waals surface area contributed by atoms with Crippen molar-refractivity contribution in [2.45, 2.75) is 18.9 Å². The van der Waals surface area contributed by atoms with Crippen LogP contribution in [-0.2, 0) is 16.5 Å². The molecule has 18 heavy (non-hydrogen) atoms.